The minimum Gasteiger partial charge on any atom is -0.309 e. The van der Waals surface area contributed by atoms with Crippen molar-refractivity contribution in [1.29, 1.82) is 0 Å². The third-order valence-corrected chi connectivity index (χ3v) is 13.4. The summed E-state index contributed by atoms with van der Waals surface area (Å²) in [5.74, 6) is 0.593. The Bertz CT molecular complexity index is 3640. The molecule has 0 fully saturated rings. The number of hydrogen-bond acceptors (Lipinski definition) is 6. The Balaban J connectivity index is 0.936. The SMILES string of the molecule is c1ccc(N(c2cnc3c(c2)sc2nc(N(c4ccccc4)c4ccc5c(c4)c4ccccc4n5-c4ccccc4)ncc23)c2ccc3c(c2)c2ccccc2n3-c2ccccc2)cc1. The van der Waals surface area contributed by atoms with Crippen LogP contribution in [0.3, 0.4) is 0 Å². The first-order valence-electron chi connectivity index (χ1n) is 21.7. The van der Waals surface area contributed by atoms with Crippen molar-refractivity contribution in [3.05, 3.63) is 225 Å². The van der Waals surface area contributed by atoms with Crippen molar-refractivity contribution >= 4 is 110 Å². The Labute approximate surface area is 378 Å². The molecular formula is C57H37N7S. The zero-order valence-corrected chi connectivity index (χ0v) is 35.7. The van der Waals surface area contributed by atoms with Crippen molar-refractivity contribution in [3.8, 4) is 11.4 Å². The van der Waals surface area contributed by atoms with Gasteiger partial charge in [-0.25, -0.2) is 9.97 Å². The minimum absolute atomic E-state index is 0.593. The lowest BCUT2D eigenvalue weighted by Gasteiger charge is -2.25. The number of rotatable bonds is 8. The van der Waals surface area contributed by atoms with Crippen molar-refractivity contribution in [2.75, 3.05) is 9.80 Å². The number of thiophene rings is 1. The van der Waals surface area contributed by atoms with Crippen LogP contribution in [0.25, 0.3) is 75.4 Å². The van der Waals surface area contributed by atoms with Crippen LogP contribution in [-0.2, 0) is 0 Å². The first-order chi connectivity index (χ1) is 32.2. The summed E-state index contributed by atoms with van der Waals surface area (Å²) in [5.41, 5.74) is 12.8. The first-order valence-corrected chi connectivity index (χ1v) is 22.5. The number of pyridine rings is 1. The standard InChI is InChI=1S/C57H37N7S/c1-5-17-38(18-6-1)61(42-29-31-52-47(33-42)45-25-13-15-27-50(45)63(52)40-21-9-3-10-22-40)44-35-54-55(58-36-44)49-37-59-57(60-56(49)65-54)62(39-19-7-2-8-20-39)43-30-32-53-48(34-43)46-26-14-16-28-51(46)64(53)41-23-11-4-12-24-41/h1-37H. The van der Waals surface area contributed by atoms with Crippen LogP contribution in [0.1, 0.15) is 0 Å². The minimum atomic E-state index is 0.593. The van der Waals surface area contributed by atoms with E-state index in [2.05, 4.69) is 225 Å². The van der Waals surface area contributed by atoms with Crippen molar-refractivity contribution in [2.24, 2.45) is 0 Å². The van der Waals surface area contributed by atoms with Crippen LogP contribution in [0.4, 0.5) is 34.4 Å². The van der Waals surface area contributed by atoms with Crippen LogP contribution in [-0.4, -0.2) is 24.1 Å². The number of benzene rings is 8. The van der Waals surface area contributed by atoms with Gasteiger partial charge in [-0.2, -0.15) is 0 Å². The van der Waals surface area contributed by atoms with Gasteiger partial charge in [-0.15, -0.1) is 11.3 Å². The van der Waals surface area contributed by atoms with E-state index in [0.717, 1.165) is 82.2 Å². The van der Waals surface area contributed by atoms with Crippen LogP contribution in [0.2, 0.25) is 0 Å². The molecule has 0 N–H and O–H groups in total. The van der Waals surface area contributed by atoms with Crippen molar-refractivity contribution in [3.63, 3.8) is 0 Å². The van der Waals surface area contributed by atoms with E-state index in [1.807, 2.05) is 18.5 Å². The van der Waals surface area contributed by atoms with Crippen LogP contribution in [0.15, 0.2) is 225 Å². The molecule has 65 heavy (non-hydrogen) atoms. The predicted octanol–water partition coefficient (Wildman–Crippen LogP) is 15.4. The maximum atomic E-state index is 5.31. The molecule has 0 saturated heterocycles. The molecular weight excluding hydrogens is 815 g/mol. The molecule has 7 nitrogen and oxygen atoms in total. The highest BCUT2D eigenvalue weighted by Gasteiger charge is 2.22. The molecule has 0 aliphatic heterocycles. The Hall–Kier alpha value is -8.59. The van der Waals surface area contributed by atoms with Gasteiger partial charge in [0, 0.05) is 61.9 Å². The molecule has 8 heteroatoms. The number of nitrogens with zero attached hydrogens (tertiary/aromatic N) is 7. The fourth-order valence-corrected chi connectivity index (χ4v) is 10.6. The van der Waals surface area contributed by atoms with Crippen LogP contribution < -0.4 is 9.80 Å². The van der Waals surface area contributed by atoms with Gasteiger partial charge in [0.15, 0.2) is 0 Å². The van der Waals surface area contributed by atoms with Gasteiger partial charge in [-0.1, -0.05) is 109 Å². The number of fused-ring (bicyclic) bond motifs is 9. The molecule has 5 aromatic heterocycles. The molecule has 13 rings (SSSR count). The van der Waals surface area contributed by atoms with Gasteiger partial charge in [0.25, 0.3) is 0 Å². The summed E-state index contributed by atoms with van der Waals surface area (Å²) in [4.78, 5) is 20.9. The average Bonchev–Trinajstić information content (AvgIpc) is 4.02. The maximum Gasteiger partial charge on any atom is 0.235 e. The van der Waals surface area contributed by atoms with Gasteiger partial charge in [-0.3, -0.25) is 9.88 Å². The van der Waals surface area contributed by atoms with Gasteiger partial charge in [0.2, 0.25) is 5.95 Å². The maximum absolute atomic E-state index is 5.31. The normalized spacial score (nSPS) is 11.7. The molecule has 0 radical (unpaired) electrons. The second-order valence-electron chi connectivity index (χ2n) is 16.2. The van der Waals surface area contributed by atoms with Gasteiger partial charge in [0.1, 0.15) is 4.83 Å². The van der Waals surface area contributed by atoms with E-state index in [0.29, 0.717) is 5.95 Å². The Kier molecular flexibility index (Phi) is 8.57. The van der Waals surface area contributed by atoms with Crippen molar-refractivity contribution in [1.82, 2.24) is 24.1 Å². The summed E-state index contributed by atoms with van der Waals surface area (Å²) in [6.45, 7) is 0. The molecule has 0 aliphatic rings. The highest BCUT2D eigenvalue weighted by Crippen LogP contribution is 2.43. The zero-order valence-electron chi connectivity index (χ0n) is 34.9. The average molecular weight is 852 g/mol. The highest BCUT2D eigenvalue weighted by molar-refractivity contribution is 7.25. The van der Waals surface area contributed by atoms with Crippen LogP contribution in [0, 0.1) is 0 Å². The van der Waals surface area contributed by atoms with Gasteiger partial charge >= 0.3 is 0 Å². The molecule has 0 aliphatic carbocycles. The third kappa shape index (κ3) is 6.07. The van der Waals surface area contributed by atoms with Gasteiger partial charge in [0.05, 0.1) is 49.6 Å². The van der Waals surface area contributed by atoms with E-state index in [-0.39, 0.29) is 0 Å². The lowest BCUT2D eigenvalue weighted by atomic mass is 10.1. The quantitative estimate of drug-likeness (QED) is 0.152. The van der Waals surface area contributed by atoms with E-state index in [4.69, 9.17) is 15.0 Å². The van der Waals surface area contributed by atoms with Crippen molar-refractivity contribution < 1.29 is 0 Å². The van der Waals surface area contributed by atoms with E-state index >= 15 is 0 Å². The molecule has 0 bridgehead atoms. The Morgan fingerprint density at radius 1 is 0.354 bits per heavy atom. The predicted molar refractivity (Wildman–Crippen MR) is 271 cm³/mol. The van der Waals surface area contributed by atoms with Crippen molar-refractivity contribution in [2.45, 2.75) is 0 Å². The van der Waals surface area contributed by atoms with E-state index in [9.17, 15) is 0 Å². The second kappa shape index (κ2) is 15.0. The lowest BCUT2D eigenvalue weighted by molar-refractivity contribution is 1.11. The topological polar surface area (TPSA) is 55.0 Å². The van der Waals surface area contributed by atoms with Gasteiger partial charge in [-0.05, 0) is 103 Å². The Morgan fingerprint density at radius 3 is 1.40 bits per heavy atom. The number of para-hydroxylation sites is 6. The summed E-state index contributed by atoms with van der Waals surface area (Å²) < 4.78 is 5.72. The molecule has 0 spiro atoms. The highest BCUT2D eigenvalue weighted by atomic mass is 32.1. The fourth-order valence-electron chi connectivity index (χ4n) is 9.54. The summed E-state index contributed by atoms with van der Waals surface area (Å²) in [6.07, 6.45) is 3.91. The first kappa shape index (κ1) is 37.0. The van der Waals surface area contributed by atoms with E-state index in [1.54, 1.807) is 11.3 Å². The molecule has 13 aromatic rings. The third-order valence-electron chi connectivity index (χ3n) is 12.4. The summed E-state index contributed by atoms with van der Waals surface area (Å²) in [5, 5.41) is 5.66. The molecule has 0 unspecified atom stereocenters. The molecule has 0 saturated carbocycles. The number of hydrogen-bond donors (Lipinski definition) is 0. The Morgan fingerprint density at radius 2 is 0.831 bits per heavy atom. The van der Waals surface area contributed by atoms with E-state index < -0.39 is 0 Å². The summed E-state index contributed by atoms with van der Waals surface area (Å²) in [6, 6.07) is 75.0. The molecule has 0 atom stereocenters. The molecule has 8 aromatic carbocycles. The lowest BCUT2D eigenvalue weighted by Crippen LogP contribution is -2.13. The fraction of sp³-hybridized carbons (Fsp3) is 0. The molecule has 306 valence electrons. The number of anilines is 6. The molecule has 0 amide bonds. The largest absolute Gasteiger partial charge is 0.309 e. The number of aromatic nitrogens is 5. The van der Waals surface area contributed by atoms with Gasteiger partial charge < -0.3 is 14.0 Å². The van der Waals surface area contributed by atoms with E-state index in [1.165, 1.54) is 21.7 Å². The van der Waals surface area contributed by atoms with Crippen LogP contribution in [0.5, 0.6) is 0 Å². The summed E-state index contributed by atoms with van der Waals surface area (Å²) in [7, 11) is 0. The second-order valence-corrected chi connectivity index (χ2v) is 17.2. The zero-order chi connectivity index (χ0) is 42.8. The monoisotopic (exact) mass is 851 g/mol. The summed E-state index contributed by atoms with van der Waals surface area (Å²) >= 11 is 1.64. The smallest absolute Gasteiger partial charge is 0.235 e. The molecule has 5 heterocycles. The van der Waals surface area contributed by atoms with Crippen LogP contribution >= 0.6 is 11.3 Å².